The number of carbonyl (C=O) groups is 1. The van der Waals surface area contributed by atoms with E-state index in [9.17, 15) is 4.79 Å². The van der Waals surface area contributed by atoms with Gasteiger partial charge in [0.25, 0.3) is 0 Å². The summed E-state index contributed by atoms with van der Waals surface area (Å²) in [6.07, 6.45) is 0. The van der Waals surface area contributed by atoms with Gasteiger partial charge >= 0.3 is 0 Å². The fourth-order valence-corrected chi connectivity index (χ4v) is 2.35. The molecule has 0 saturated carbocycles. The molecule has 0 spiro atoms. The predicted octanol–water partition coefficient (Wildman–Crippen LogP) is 3.52. The molecule has 0 N–H and O–H groups in total. The quantitative estimate of drug-likeness (QED) is 0.778. The molecule has 0 aromatic heterocycles. The zero-order valence-electron chi connectivity index (χ0n) is 13.3. The number of ether oxygens (including phenoxy) is 2. The molecule has 0 aliphatic rings. The maximum Gasteiger partial charge on any atom is 0.248 e. The Bertz CT molecular complexity index is 646. The average Bonchev–Trinajstić information content (AvgIpc) is 2.56. The van der Waals surface area contributed by atoms with Crippen LogP contribution in [0.1, 0.15) is 11.1 Å². The zero-order chi connectivity index (χ0) is 16.7. The van der Waals surface area contributed by atoms with E-state index in [-0.39, 0.29) is 12.5 Å². The van der Waals surface area contributed by atoms with E-state index in [0.29, 0.717) is 23.9 Å². The van der Waals surface area contributed by atoms with Gasteiger partial charge in [0.1, 0.15) is 12.4 Å². The minimum Gasteiger partial charge on any atom is -0.496 e. The van der Waals surface area contributed by atoms with Gasteiger partial charge < -0.3 is 14.4 Å². The van der Waals surface area contributed by atoms with E-state index in [4.69, 9.17) is 21.1 Å². The normalized spacial score (nSPS) is 10.4. The van der Waals surface area contributed by atoms with Crippen LogP contribution in [0, 0.1) is 0 Å². The van der Waals surface area contributed by atoms with Gasteiger partial charge in [-0.1, -0.05) is 41.9 Å². The molecule has 0 fully saturated rings. The fraction of sp³-hybridized carbons (Fsp3) is 0.278. The van der Waals surface area contributed by atoms with Crippen molar-refractivity contribution in [3.63, 3.8) is 0 Å². The van der Waals surface area contributed by atoms with Crippen molar-refractivity contribution in [3.05, 3.63) is 64.7 Å². The van der Waals surface area contributed by atoms with Crippen LogP contribution in [0.3, 0.4) is 0 Å². The summed E-state index contributed by atoms with van der Waals surface area (Å²) in [4.78, 5) is 13.7. The largest absolute Gasteiger partial charge is 0.496 e. The molecule has 0 radical (unpaired) electrons. The Morgan fingerprint density at radius 3 is 2.61 bits per heavy atom. The van der Waals surface area contributed by atoms with E-state index < -0.39 is 0 Å². The van der Waals surface area contributed by atoms with Crippen LogP contribution in [-0.2, 0) is 22.7 Å². The first kappa shape index (κ1) is 17.3. The minimum absolute atomic E-state index is 0.0360. The van der Waals surface area contributed by atoms with Crippen LogP contribution >= 0.6 is 11.6 Å². The summed E-state index contributed by atoms with van der Waals surface area (Å²) in [5, 5.41) is 0.613. The number of rotatable bonds is 7. The van der Waals surface area contributed by atoms with Gasteiger partial charge in [-0.3, -0.25) is 4.79 Å². The van der Waals surface area contributed by atoms with Crippen molar-refractivity contribution in [2.24, 2.45) is 0 Å². The molecule has 0 bridgehead atoms. The summed E-state index contributed by atoms with van der Waals surface area (Å²) in [7, 11) is 3.33. The summed E-state index contributed by atoms with van der Waals surface area (Å²) in [6, 6.07) is 15.1. The molecule has 5 heteroatoms. The summed E-state index contributed by atoms with van der Waals surface area (Å²) in [6.45, 7) is 0.868. The molecule has 0 heterocycles. The smallest absolute Gasteiger partial charge is 0.248 e. The van der Waals surface area contributed by atoms with E-state index >= 15 is 0 Å². The van der Waals surface area contributed by atoms with Crippen molar-refractivity contribution in [2.75, 3.05) is 20.8 Å². The van der Waals surface area contributed by atoms with E-state index in [1.165, 1.54) is 0 Å². The monoisotopic (exact) mass is 333 g/mol. The standard InChI is InChI=1S/C18H20ClNO3/c1-20(11-15-10-16(19)8-9-17(15)22-2)18(21)13-23-12-14-6-4-3-5-7-14/h3-10H,11-13H2,1-2H3. The number of halogens is 1. The number of benzene rings is 2. The Balaban J connectivity index is 1.86. The van der Waals surface area contributed by atoms with Gasteiger partial charge in [-0.25, -0.2) is 0 Å². The Morgan fingerprint density at radius 1 is 1.17 bits per heavy atom. The third kappa shape index (κ3) is 5.27. The molecule has 2 aromatic carbocycles. The second-order valence-corrected chi connectivity index (χ2v) is 5.62. The Labute approximate surface area is 141 Å². The molecule has 0 atom stereocenters. The lowest BCUT2D eigenvalue weighted by Gasteiger charge is -2.19. The van der Waals surface area contributed by atoms with E-state index in [1.54, 1.807) is 37.3 Å². The van der Waals surface area contributed by atoms with Gasteiger partial charge in [0.05, 0.1) is 13.7 Å². The lowest BCUT2D eigenvalue weighted by Crippen LogP contribution is -2.30. The highest BCUT2D eigenvalue weighted by molar-refractivity contribution is 6.30. The molecule has 2 rings (SSSR count). The van der Waals surface area contributed by atoms with Crippen molar-refractivity contribution in [1.82, 2.24) is 4.90 Å². The third-order valence-corrected chi connectivity index (χ3v) is 3.65. The Morgan fingerprint density at radius 2 is 1.91 bits per heavy atom. The lowest BCUT2D eigenvalue weighted by molar-refractivity contribution is -0.135. The molecule has 0 unspecified atom stereocenters. The first-order valence-corrected chi connectivity index (χ1v) is 7.66. The van der Waals surface area contributed by atoms with Gasteiger partial charge in [0, 0.05) is 24.2 Å². The van der Waals surface area contributed by atoms with Crippen LogP contribution in [0.2, 0.25) is 5.02 Å². The van der Waals surface area contributed by atoms with Crippen molar-refractivity contribution in [1.29, 1.82) is 0 Å². The van der Waals surface area contributed by atoms with Crippen molar-refractivity contribution < 1.29 is 14.3 Å². The fourth-order valence-electron chi connectivity index (χ4n) is 2.16. The van der Waals surface area contributed by atoms with Gasteiger partial charge in [-0.05, 0) is 23.8 Å². The first-order chi connectivity index (χ1) is 11.1. The maximum absolute atomic E-state index is 12.1. The Kier molecular flexibility index (Phi) is 6.44. The third-order valence-electron chi connectivity index (χ3n) is 3.41. The average molecular weight is 334 g/mol. The van der Waals surface area contributed by atoms with Gasteiger partial charge in [0.15, 0.2) is 0 Å². The number of hydrogen-bond acceptors (Lipinski definition) is 3. The van der Waals surface area contributed by atoms with Crippen LogP contribution in [0.25, 0.3) is 0 Å². The van der Waals surface area contributed by atoms with E-state index in [2.05, 4.69) is 0 Å². The van der Waals surface area contributed by atoms with Crippen LogP contribution in [0.5, 0.6) is 5.75 Å². The molecule has 23 heavy (non-hydrogen) atoms. The molecule has 0 aliphatic carbocycles. The predicted molar refractivity (Wildman–Crippen MR) is 90.6 cm³/mol. The summed E-state index contributed by atoms with van der Waals surface area (Å²) in [5.74, 6) is 0.613. The first-order valence-electron chi connectivity index (χ1n) is 7.28. The van der Waals surface area contributed by atoms with Crippen LogP contribution in [0.4, 0.5) is 0 Å². The highest BCUT2D eigenvalue weighted by Gasteiger charge is 2.12. The molecule has 0 saturated heterocycles. The summed E-state index contributed by atoms with van der Waals surface area (Å²) in [5.41, 5.74) is 1.90. The summed E-state index contributed by atoms with van der Waals surface area (Å²) < 4.78 is 10.8. The highest BCUT2D eigenvalue weighted by atomic mass is 35.5. The summed E-state index contributed by atoms with van der Waals surface area (Å²) >= 11 is 6.00. The number of methoxy groups -OCH3 is 1. The number of nitrogens with zero attached hydrogens (tertiary/aromatic N) is 1. The molecular formula is C18H20ClNO3. The molecule has 0 aliphatic heterocycles. The lowest BCUT2D eigenvalue weighted by atomic mass is 10.2. The number of carbonyl (C=O) groups excluding carboxylic acids is 1. The van der Waals surface area contributed by atoms with Gasteiger partial charge in [-0.15, -0.1) is 0 Å². The van der Waals surface area contributed by atoms with Crippen molar-refractivity contribution in [2.45, 2.75) is 13.2 Å². The SMILES string of the molecule is COc1ccc(Cl)cc1CN(C)C(=O)COCc1ccccc1. The molecule has 2 aromatic rings. The van der Waals surface area contributed by atoms with Crippen molar-refractivity contribution >= 4 is 17.5 Å². The molecular weight excluding hydrogens is 314 g/mol. The maximum atomic E-state index is 12.1. The van der Waals surface area contributed by atoms with Crippen LogP contribution in [-0.4, -0.2) is 31.6 Å². The topological polar surface area (TPSA) is 38.8 Å². The van der Waals surface area contributed by atoms with Crippen LogP contribution in [0.15, 0.2) is 48.5 Å². The van der Waals surface area contributed by atoms with Crippen molar-refractivity contribution in [3.8, 4) is 5.75 Å². The van der Waals surface area contributed by atoms with E-state index in [0.717, 1.165) is 11.1 Å². The number of amides is 1. The molecule has 4 nitrogen and oxygen atoms in total. The second-order valence-electron chi connectivity index (χ2n) is 5.18. The Hall–Kier alpha value is -2.04. The number of likely N-dealkylation sites (N-methyl/N-ethyl adjacent to an activating group) is 1. The van der Waals surface area contributed by atoms with Crippen LogP contribution < -0.4 is 4.74 Å². The molecule has 122 valence electrons. The molecule has 1 amide bonds. The van der Waals surface area contributed by atoms with Gasteiger partial charge in [-0.2, -0.15) is 0 Å². The zero-order valence-corrected chi connectivity index (χ0v) is 14.0. The highest BCUT2D eigenvalue weighted by Crippen LogP contribution is 2.23. The number of hydrogen-bond donors (Lipinski definition) is 0. The van der Waals surface area contributed by atoms with Gasteiger partial charge in [0.2, 0.25) is 5.91 Å². The second kappa shape index (κ2) is 8.56. The minimum atomic E-state index is -0.0945. The van der Waals surface area contributed by atoms with E-state index in [1.807, 2.05) is 30.3 Å².